The van der Waals surface area contributed by atoms with Gasteiger partial charge in [0, 0.05) is 5.56 Å². The maximum absolute atomic E-state index is 14.2. The van der Waals surface area contributed by atoms with E-state index in [1.165, 1.54) is 32.4 Å². The van der Waals surface area contributed by atoms with Gasteiger partial charge in [0.25, 0.3) is 0 Å². The van der Waals surface area contributed by atoms with Gasteiger partial charge in [0.05, 0.1) is 25.9 Å². The van der Waals surface area contributed by atoms with E-state index in [0.29, 0.717) is 17.1 Å². The molecule has 24 heavy (non-hydrogen) atoms. The van der Waals surface area contributed by atoms with Crippen LogP contribution in [0.5, 0.6) is 0 Å². The fourth-order valence-corrected chi connectivity index (χ4v) is 2.67. The zero-order valence-corrected chi connectivity index (χ0v) is 13.6. The van der Waals surface area contributed by atoms with Crippen molar-refractivity contribution in [1.29, 1.82) is 0 Å². The Kier molecular flexibility index (Phi) is 3.95. The molecule has 0 radical (unpaired) electrons. The predicted molar refractivity (Wildman–Crippen MR) is 85.1 cm³/mol. The number of methoxy groups -OCH3 is 1. The summed E-state index contributed by atoms with van der Waals surface area (Å²) in [5.74, 6) is -0.549. The summed E-state index contributed by atoms with van der Waals surface area (Å²) in [6.45, 7) is 3.46. The van der Waals surface area contributed by atoms with Gasteiger partial charge in [-0.15, -0.1) is 0 Å². The van der Waals surface area contributed by atoms with Crippen LogP contribution in [0.25, 0.3) is 11.3 Å². The molecule has 1 saturated heterocycles. The standard InChI is InChI=1S/C17H17F2N3O2/c1-10-17(2,19)9-22(10)15-14(11-4-6-12(18)7-5-11)21-13(8-20-15)16(23)24-3/h4-8,10H,9H2,1-3H3/t10-,17-/m1/s1. The van der Waals surface area contributed by atoms with E-state index < -0.39 is 11.6 Å². The molecule has 1 fully saturated rings. The number of hydrogen-bond donors (Lipinski definition) is 0. The molecule has 0 bridgehead atoms. The summed E-state index contributed by atoms with van der Waals surface area (Å²) in [6, 6.07) is 5.30. The molecule has 0 N–H and O–H groups in total. The van der Waals surface area contributed by atoms with Gasteiger partial charge in [0.15, 0.2) is 11.5 Å². The van der Waals surface area contributed by atoms with E-state index in [9.17, 15) is 13.6 Å². The third kappa shape index (κ3) is 2.70. The van der Waals surface area contributed by atoms with Crippen molar-refractivity contribution < 1.29 is 18.3 Å². The third-order valence-corrected chi connectivity index (χ3v) is 4.36. The first-order chi connectivity index (χ1) is 11.3. The number of alkyl halides is 1. The van der Waals surface area contributed by atoms with E-state index in [-0.39, 0.29) is 24.1 Å². The summed E-state index contributed by atoms with van der Waals surface area (Å²) in [4.78, 5) is 22.1. The molecule has 7 heteroatoms. The lowest BCUT2D eigenvalue weighted by molar-refractivity contribution is 0.0593. The van der Waals surface area contributed by atoms with Crippen LogP contribution >= 0.6 is 0 Å². The smallest absolute Gasteiger partial charge is 0.358 e. The molecule has 0 amide bonds. The van der Waals surface area contributed by atoms with Crippen molar-refractivity contribution in [2.75, 3.05) is 18.6 Å². The van der Waals surface area contributed by atoms with Crippen LogP contribution in [0.3, 0.4) is 0 Å². The largest absolute Gasteiger partial charge is 0.464 e. The fourth-order valence-electron chi connectivity index (χ4n) is 2.67. The first-order valence-corrected chi connectivity index (χ1v) is 7.50. The Morgan fingerprint density at radius 1 is 1.38 bits per heavy atom. The Labute approximate surface area is 138 Å². The van der Waals surface area contributed by atoms with Crippen molar-refractivity contribution in [2.45, 2.75) is 25.6 Å². The molecule has 0 spiro atoms. The number of hydrogen-bond acceptors (Lipinski definition) is 5. The highest BCUT2D eigenvalue weighted by Gasteiger charge is 2.48. The van der Waals surface area contributed by atoms with Crippen LogP contribution in [0.1, 0.15) is 24.3 Å². The summed E-state index contributed by atoms with van der Waals surface area (Å²) in [5, 5.41) is 0. The van der Waals surface area contributed by atoms with E-state index in [1.807, 2.05) is 0 Å². The normalized spacial score (nSPS) is 22.9. The minimum atomic E-state index is -1.32. The van der Waals surface area contributed by atoms with Crippen LogP contribution < -0.4 is 4.90 Å². The van der Waals surface area contributed by atoms with Crippen LogP contribution in [0.15, 0.2) is 30.5 Å². The number of carbonyl (C=O) groups is 1. The number of anilines is 1. The molecular weight excluding hydrogens is 316 g/mol. The third-order valence-electron chi connectivity index (χ3n) is 4.36. The van der Waals surface area contributed by atoms with Crippen LogP contribution in [0.4, 0.5) is 14.6 Å². The number of nitrogens with zero attached hydrogens (tertiary/aromatic N) is 3. The minimum Gasteiger partial charge on any atom is -0.464 e. The molecule has 1 aromatic heterocycles. The molecular formula is C17H17F2N3O2. The average Bonchev–Trinajstić information content (AvgIpc) is 2.59. The summed E-state index contributed by atoms with van der Waals surface area (Å²) in [6.07, 6.45) is 1.30. The molecule has 2 aromatic rings. The van der Waals surface area contributed by atoms with Gasteiger partial charge in [0.1, 0.15) is 17.2 Å². The highest BCUT2D eigenvalue weighted by Crippen LogP contribution is 2.39. The summed E-state index contributed by atoms with van der Waals surface area (Å²) >= 11 is 0. The molecule has 0 saturated carbocycles. The van der Waals surface area contributed by atoms with Crippen LogP contribution in [-0.4, -0.2) is 41.3 Å². The molecule has 1 aliphatic heterocycles. The number of halogens is 2. The molecule has 126 valence electrons. The SMILES string of the molecule is COC(=O)c1cnc(N2C[C@@](C)(F)[C@H]2C)c(-c2ccc(F)cc2)n1. The van der Waals surface area contributed by atoms with E-state index in [1.54, 1.807) is 24.0 Å². The van der Waals surface area contributed by atoms with Crippen molar-refractivity contribution in [1.82, 2.24) is 9.97 Å². The van der Waals surface area contributed by atoms with E-state index in [2.05, 4.69) is 14.7 Å². The predicted octanol–water partition coefficient (Wildman–Crippen LogP) is 3.01. The highest BCUT2D eigenvalue weighted by atomic mass is 19.1. The van der Waals surface area contributed by atoms with Crippen molar-refractivity contribution in [3.8, 4) is 11.3 Å². The Morgan fingerprint density at radius 3 is 2.58 bits per heavy atom. The Balaban J connectivity index is 2.08. The lowest BCUT2D eigenvalue weighted by Crippen LogP contribution is -2.65. The molecule has 3 rings (SSSR count). The molecule has 5 nitrogen and oxygen atoms in total. The van der Waals surface area contributed by atoms with Gasteiger partial charge in [-0.1, -0.05) is 0 Å². The lowest BCUT2D eigenvalue weighted by atomic mass is 9.88. The van der Waals surface area contributed by atoms with E-state index in [4.69, 9.17) is 0 Å². The van der Waals surface area contributed by atoms with E-state index >= 15 is 0 Å². The maximum atomic E-state index is 14.2. The molecule has 0 unspecified atom stereocenters. The number of esters is 1. The highest BCUT2D eigenvalue weighted by molar-refractivity contribution is 5.88. The number of carbonyl (C=O) groups excluding carboxylic acids is 1. The second-order valence-corrected chi connectivity index (χ2v) is 6.01. The maximum Gasteiger partial charge on any atom is 0.358 e. The van der Waals surface area contributed by atoms with Crippen LogP contribution in [-0.2, 0) is 4.74 Å². The van der Waals surface area contributed by atoms with Crippen molar-refractivity contribution in [3.63, 3.8) is 0 Å². The quantitative estimate of drug-likeness (QED) is 0.808. The van der Waals surface area contributed by atoms with Gasteiger partial charge in [0.2, 0.25) is 0 Å². The number of ether oxygens (including phenoxy) is 1. The van der Waals surface area contributed by atoms with Crippen molar-refractivity contribution in [3.05, 3.63) is 42.0 Å². The number of aromatic nitrogens is 2. The molecule has 2 heterocycles. The zero-order chi connectivity index (χ0) is 17.5. The van der Waals surface area contributed by atoms with E-state index in [0.717, 1.165) is 0 Å². The van der Waals surface area contributed by atoms with Crippen LogP contribution in [0, 0.1) is 5.82 Å². The summed E-state index contributed by atoms with van der Waals surface area (Å²) in [5.41, 5.74) is -0.302. The van der Waals surface area contributed by atoms with Gasteiger partial charge >= 0.3 is 5.97 Å². The van der Waals surface area contributed by atoms with Gasteiger partial charge in [-0.05, 0) is 38.1 Å². The van der Waals surface area contributed by atoms with Crippen molar-refractivity contribution >= 4 is 11.8 Å². The van der Waals surface area contributed by atoms with Gasteiger partial charge < -0.3 is 9.64 Å². The average molecular weight is 333 g/mol. The molecule has 1 aliphatic rings. The molecule has 2 atom stereocenters. The first-order valence-electron chi connectivity index (χ1n) is 7.50. The van der Waals surface area contributed by atoms with Gasteiger partial charge in [-0.25, -0.2) is 23.5 Å². The molecule has 1 aromatic carbocycles. The number of benzene rings is 1. The zero-order valence-electron chi connectivity index (χ0n) is 13.6. The Hall–Kier alpha value is -2.57. The second-order valence-electron chi connectivity index (χ2n) is 6.01. The monoisotopic (exact) mass is 333 g/mol. The summed E-state index contributed by atoms with van der Waals surface area (Å²) < 4.78 is 32.0. The number of rotatable bonds is 3. The van der Waals surface area contributed by atoms with Gasteiger partial charge in [-0.2, -0.15) is 0 Å². The van der Waals surface area contributed by atoms with Gasteiger partial charge in [-0.3, -0.25) is 0 Å². The van der Waals surface area contributed by atoms with Crippen molar-refractivity contribution in [2.24, 2.45) is 0 Å². The fraction of sp³-hybridized carbons (Fsp3) is 0.353. The first kappa shape index (κ1) is 16.3. The Morgan fingerprint density at radius 2 is 2.04 bits per heavy atom. The minimum absolute atomic E-state index is 0.0387. The second kappa shape index (κ2) is 5.81. The molecule has 0 aliphatic carbocycles. The lowest BCUT2D eigenvalue weighted by Gasteiger charge is -2.50. The summed E-state index contributed by atoms with van der Waals surface area (Å²) in [7, 11) is 1.25. The van der Waals surface area contributed by atoms with Crippen LogP contribution in [0.2, 0.25) is 0 Å². The Bertz CT molecular complexity index is 778. The topological polar surface area (TPSA) is 55.3 Å².